The lowest BCUT2D eigenvalue weighted by atomic mass is 9.95. The lowest BCUT2D eigenvalue weighted by molar-refractivity contribution is -0.138. The highest BCUT2D eigenvalue weighted by atomic mass is 32.2. The Hall–Kier alpha value is -4.26. The molecule has 12 nitrogen and oxygen atoms in total. The number of benzene rings is 1. The van der Waals surface area contributed by atoms with E-state index in [1.54, 1.807) is 39.5 Å². The van der Waals surface area contributed by atoms with E-state index in [2.05, 4.69) is 15.1 Å². The molecule has 1 unspecified atom stereocenters. The van der Waals surface area contributed by atoms with Crippen molar-refractivity contribution in [3.63, 3.8) is 0 Å². The van der Waals surface area contributed by atoms with Crippen LogP contribution < -0.4 is 10.5 Å². The van der Waals surface area contributed by atoms with Crippen LogP contribution in [-0.2, 0) is 20.8 Å². The molecule has 236 valence electrons. The number of nitriles is 1. The average Bonchev–Trinajstić information content (AvgIpc) is 2.90. The summed E-state index contributed by atoms with van der Waals surface area (Å²) in [6.45, 7) is 8.48. The van der Waals surface area contributed by atoms with E-state index in [4.69, 9.17) is 4.74 Å². The van der Waals surface area contributed by atoms with Gasteiger partial charge in [-0.15, -0.1) is 0 Å². The normalized spacial score (nSPS) is 16.3. The summed E-state index contributed by atoms with van der Waals surface area (Å²) in [5.74, 6) is -0.555. The Morgan fingerprint density at radius 2 is 1.86 bits per heavy atom. The molecule has 1 aliphatic rings. The van der Waals surface area contributed by atoms with Gasteiger partial charge < -0.3 is 14.5 Å². The molecule has 0 saturated carbocycles. The second-order valence-corrected chi connectivity index (χ2v) is 13.7. The van der Waals surface area contributed by atoms with Gasteiger partial charge in [-0.1, -0.05) is 26.0 Å². The van der Waals surface area contributed by atoms with Crippen molar-refractivity contribution in [2.75, 3.05) is 30.8 Å². The number of hydrogen-bond acceptors (Lipinski definition) is 10. The van der Waals surface area contributed by atoms with E-state index in [0.717, 1.165) is 18.5 Å². The minimum atomic E-state index is -4.83. The van der Waals surface area contributed by atoms with Gasteiger partial charge in [0.2, 0.25) is 15.0 Å². The number of ether oxygens (including phenoxy) is 1. The third kappa shape index (κ3) is 6.62. The van der Waals surface area contributed by atoms with Crippen molar-refractivity contribution in [2.24, 2.45) is 0 Å². The number of sulfone groups is 1. The molecule has 1 atom stereocenters. The fraction of sp³-hybridized carbons (Fsp3) is 0.500. The standard InChI is InChI=1S/C28H32F3N7O5S/c1-16(2)18-8-7-9-20(21(18)28(29,30)31)38-24(39)22-19(14-33-38)23(35-25(34-22)44(6,41)42)36-12-13-37(17(15-36)10-11-32)26(40)43-27(3,4)5/h7-9,14,16-17H,10,12-13,15H2,1-6H3. The van der Waals surface area contributed by atoms with Gasteiger partial charge in [-0.2, -0.15) is 28.2 Å². The van der Waals surface area contributed by atoms with E-state index in [1.165, 1.54) is 17.0 Å². The van der Waals surface area contributed by atoms with Gasteiger partial charge in [0.1, 0.15) is 16.9 Å². The molecule has 0 spiro atoms. The summed E-state index contributed by atoms with van der Waals surface area (Å²) in [7, 11) is -4.10. The number of nitrogens with zero attached hydrogens (tertiary/aromatic N) is 7. The number of anilines is 1. The van der Waals surface area contributed by atoms with Gasteiger partial charge in [-0.3, -0.25) is 4.79 Å². The summed E-state index contributed by atoms with van der Waals surface area (Å²) in [6.07, 6.45) is -3.60. The molecule has 3 aromatic rings. The Morgan fingerprint density at radius 1 is 1.18 bits per heavy atom. The van der Waals surface area contributed by atoms with E-state index < -0.39 is 67.2 Å². The number of amides is 1. The zero-order chi connectivity index (χ0) is 32.8. The first-order valence-electron chi connectivity index (χ1n) is 13.7. The molecule has 1 aliphatic heterocycles. The zero-order valence-electron chi connectivity index (χ0n) is 25.0. The number of carbonyl (C=O) groups is 1. The van der Waals surface area contributed by atoms with Gasteiger partial charge in [0.15, 0.2) is 0 Å². The van der Waals surface area contributed by atoms with Crippen LogP contribution in [0.2, 0.25) is 0 Å². The molecule has 1 fully saturated rings. The van der Waals surface area contributed by atoms with Gasteiger partial charge >= 0.3 is 12.3 Å². The first kappa shape index (κ1) is 32.6. The average molecular weight is 636 g/mol. The summed E-state index contributed by atoms with van der Waals surface area (Å²) in [6, 6.07) is 5.16. The first-order chi connectivity index (χ1) is 20.3. The molecule has 4 rings (SSSR count). The summed E-state index contributed by atoms with van der Waals surface area (Å²) in [5.41, 5.74) is -3.94. The van der Waals surface area contributed by atoms with Crippen molar-refractivity contribution in [3.8, 4) is 11.8 Å². The summed E-state index contributed by atoms with van der Waals surface area (Å²) in [5, 5.41) is 12.8. The molecule has 3 heterocycles. The molecule has 1 aromatic carbocycles. The summed E-state index contributed by atoms with van der Waals surface area (Å²) >= 11 is 0. The molecule has 44 heavy (non-hydrogen) atoms. The zero-order valence-corrected chi connectivity index (χ0v) is 25.8. The lowest BCUT2D eigenvalue weighted by Gasteiger charge is -2.41. The van der Waals surface area contributed by atoms with Gasteiger partial charge in [0, 0.05) is 25.9 Å². The van der Waals surface area contributed by atoms with Crippen LogP contribution in [0.4, 0.5) is 23.8 Å². The van der Waals surface area contributed by atoms with E-state index in [0.29, 0.717) is 4.68 Å². The highest BCUT2D eigenvalue weighted by molar-refractivity contribution is 7.90. The summed E-state index contributed by atoms with van der Waals surface area (Å²) < 4.78 is 74.1. The van der Waals surface area contributed by atoms with Crippen LogP contribution in [0.5, 0.6) is 0 Å². The number of piperazine rings is 1. The van der Waals surface area contributed by atoms with Gasteiger partial charge in [0.25, 0.3) is 5.56 Å². The third-order valence-corrected chi connectivity index (χ3v) is 7.73. The van der Waals surface area contributed by atoms with Crippen LogP contribution in [0, 0.1) is 11.3 Å². The largest absolute Gasteiger partial charge is 0.444 e. The molecular formula is C28H32F3N7O5S. The second-order valence-electron chi connectivity index (χ2n) is 11.8. The number of aromatic nitrogens is 4. The van der Waals surface area contributed by atoms with E-state index >= 15 is 0 Å². The fourth-order valence-corrected chi connectivity index (χ4v) is 5.49. The van der Waals surface area contributed by atoms with E-state index in [-0.39, 0.29) is 42.8 Å². The SMILES string of the molecule is CC(C)c1cccc(-n2ncc3c(N4CCN(C(=O)OC(C)(C)C)C(CC#N)C4)nc(S(C)(=O)=O)nc3c2=O)c1C(F)(F)F. The Labute approximate surface area is 252 Å². The van der Waals surface area contributed by atoms with Crippen molar-refractivity contribution in [1.82, 2.24) is 24.6 Å². The molecule has 2 aromatic heterocycles. The van der Waals surface area contributed by atoms with Crippen LogP contribution in [0.1, 0.15) is 58.1 Å². The van der Waals surface area contributed by atoms with Gasteiger partial charge in [0.05, 0.1) is 41.4 Å². The predicted octanol–water partition coefficient (Wildman–Crippen LogP) is 4.06. The van der Waals surface area contributed by atoms with Crippen LogP contribution in [0.15, 0.2) is 34.3 Å². The smallest absolute Gasteiger partial charge is 0.418 e. The van der Waals surface area contributed by atoms with Crippen molar-refractivity contribution in [1.29, 1.82) is 5.26 Å². The number of fused-ring (bicyclic) bond motifs is 1. The molecule has 0 N–H and O–H groups in total. The Balaban J connectivity index is 1.90. The van der Waals surface area contributed by atoms with E-state index in [9.17, 15) is 36.4 Å². The fourth-order valence-electron chi connectivity index (χ4n) is 4.98. The maximum Gasteiger partial charge on any atom is 0.418 e. The molecule has 16 heteroatoms. The maximum absolute atomic E-state index is 14.3. The van der Waals surface area contributed by atoms with Crippen molar-refractivity contribution >= 4 is 32.7 Å². The highest BCUT2D eigenvalue weighted by Gasteiger charge is 2.39. The van der Waals surface area contributed by atoms with Crippen molar-refractivity contribution in [2.45, 2.75) is 69.9 Å². The number of alkyl halides is 3. The van der Waals surface area contributed by atoms with Crippen LogP contribution in [-0.4, -0.2) is 76.7 Å². The predicted molar refractivity (Wildman–Crippen MR) is 154 cm³/mol. The summed E-state index contributed by atoms with van der Waals surface area (Å²) in [4.78, 5) is 37.8. The third-order valence-electron chi connectivity index (χ3n) is 6.88. The molecule has 0 aliphatic carbocycles. The molecule has 0 radical (unpaired) electrons. The van der Waals surface area contributed by atoms with Gasteiger partial charge in [-0.05, 0) is 38.3 Å². The topological polar surface area (TPSA) is 151 Å². The van der Waals surface area contributed by atoms with Crippen LogP contribution in [0.25, 0.3) is 16.6 Å². The van der Waals surface area contributed by atoms with Crippen LogP contribution in [0.3, 0.4) is 0 Å². The number of halogens is 3. The Bertz CT molecular complexity index is 1810. The highest BCUT2D eigenvalue weighted by Crippen LogP contribution is 2.39. The maximum atomic E-state index is 14.3. The lowest BCUT2D eigenvalue weighted by Crippen LogP contribution is -2.56. The number of hydrogen-bond donors (Lipinski definition) is 0. The first-order valence-corrected chi connectivity index (χ1v) is 15.5. The minimum absolute atomic E-state index is 0.00588. The molecule has 1 amide bonds. The minimum Gasteiger partial charge on any atom is -0.444 e. The Morgan fingerprint density at radius 3 is 2.43 bits per heavy atom. The van der Waals surface area contributed by atoms with E-state index in [1.807, 2.05) is 6.07 Å². The number of carbonyl (C=O) groups excluding carboxylic acids is 1. The van der Waals surface area contributed by atoms with Crippen molar-refractivity contribution in [3.05, 3.63) is 45.9 Å². The van der Waals surface area contributed by atoms with Gasteiger partial charge in [-0.25, -0.2) is 23.2 Å². The van der Waals surface area contributed by atoms with Crippen molar-refractivity contribution < 1.29 is 31.1 Å². The Kier molecular flexibility index (Phi) is 8.67. The molecular weight excluding hydrogens is 603 g/mol. The molecule has 0 bridgehead atoms. The molecule has 1 saturated heterocycles. The number of rotatable bonds is 5. The monoisotopic (exact) mass is 635 g/mol. The second kappa shape index (κ2) is 11.7. The van der Waals surface area contributed by atoms with Crippen LogP contribution >= 0.6 is 0 Å². The quantitative estimate of drug-likeness (QED) is 0.376.